The Morgan fingerprint density at radius 3 is 2.44 bits per heavy atom. The summed E-state index contributed by atoms with van der Waals surface area (Å²) in [5.41, 5.74) is 3.07. The van der Waals surface area contributed by atoms with E-state index in [0.29, 0.717) is 12.6 Å². The minimum atomic E-state index is -0.0551. The zero-order valence-corrected chi connectivity index (χ0v) is 19.8. The van der Waals surface area contributed by atoms with E-state index in [-0.39, 0.29) is 5.91 Å². The SMILES string of the molecule is CC(=O)NCc1c(/C=N/O)c2ccccc2n1C1CCN([C@H]2CC[C@@H](C(C)C)CC2)CC1. The van der Waals surface area contributed by atoms with Crippen molar-refractivity contribution < 1.29 is 10.0 Å². The van der Waals surface area contributed by atoms with E-state index < -0.39 is 0 Å². The van der Waals surface area contributed by atoms with Gasteiger partial charge in [-0.2, -0.15) is 0 Å². The number of benzene rings is 1. The van der Waals surface area contributed by atoms with Gasteiger partial charge in [0.1, 0.15) is 0 Å². The minimum absolute atomic E-state index is 0.0551. The number of piperidine rings is 1. The van der Waals surface area contributed by atoms with E-state index in [1.54, 1.807) is 6.92 Å². The molecule has 2 heterocycles. The molecule has 0 spiro atoms. The number of hydrogen-bond donors (Lipinski definition) is 2. The number of fused-ring (bicyclic) bond motifs is 1. The first-order chi connectivity index (χ1) is 15.5. The molecule has 2 aromatic rings. The fourth-order valence-electron chi connectivity index (χ4n) is 5.99. The van der Waals surface area contributed by atoms with Gasteiger partial charge in [0.05, 0.1) is 12.8 Å². The molecule has 0 radical (unpaired) electrons. The van der Waals surface area contributed by atoms with E-state index in [9.17, 15) is 10.0 Å². The van der Waals surface area contributed by atoms with E-state index in [2.05, 4.69) is 52.0 Å². The van der Waals surface area contributed by atoms with E-state index in [1.807, 2.05) is 6.07 Å². The van der Waals surface area contributed by atoms with Crippen LogP contribution in [0.25, 0.3) is 10.9 Å². The molecule has 1 saturated carbocycles. The van der Waals surface area contributed by atoms with Crippen LogP contribution in [0.3, 0.4) is 0 Å². The lowest BCUT2D eigenvalue weighted by atomic mass is 9.79. The van der Waals surface area contributed by atoms with Gasteiger partial charge < -0.3 is 20.0 Å². The number of carbonyl (C=O) groups excluding carboxylic acids is 1. The molecular weight excluding hydrogens is 400 g/mol. The first kappa shape index (κ1) is 22.8. The molecule has 6 heteroatoms. The summed E-state index contributed by atoms with van der Waals surface area (Å²) < 4.78 is 2.40. The molecule has 32 heavy (non-hydrogen) atoms. The third kappa shape index (κ3) is 4.70. The molecule has 0 atom stereocenters. The number of nitrogens with zero attached hydrogens (tertiary/aromatic N) is 3. The van der Waals surface area contributed by atoms with Crippen LogP contribution in [-0.2, 0) is 11.3 Å². The molecule has 2 N–H and O–H groups in total. The fraction of sp³-hybridized carbons (Fsp3) is 0.615. The van der Waals surface area contributed by atoms with Crippen LogP contribution in [0.2, 0.25) is 0 Å². The van der Waals surface area contributed by atoms with Crippen LogP contribution in [0, 0.1) is 11.8 Å². The molecule has 1 aromatic carbocycles. The highest BCUT2D eigenvalue weighted by atomic mass is 16.4. The number of aromatic nitrogens is 1. The van der Waals surface area contributed by atoms with Crippen LogP contribution in [-0.4, -0.2) is 45.9 Å². The Balaban J connectivity index is 1.54. The Labute approximate surface area is 191 Å². The van der Waals surface area contributed by atoms with E-state index in [0.717, 1.165) is 66.0 Å². The van der Waals surface area contributed by atoms with Crippen molar-refractivity contribution in [3.05, 3.63) is 35.5 Å². The number of hydrogen-bond acceptors (Lipinski definition) is 4. The van der Waals surface area contributed by atoms with E-state index in [4.69, 9.17) is 0 Å². The summed E-state index contributed by atoms with van der Waals surface area (Å²) in [6, 6.07) is 9.41. The summed E-state index contributed by atoms with van der Waals surface area (Å²) in [7, 11) is 0. The average Bonchev–Trinajstić information content (AvgIpc) is 3.11. The zero-order chi connectivity index (χ0) is 22.7. The molecule has 1 aromatic heterocycles. The molecule has 2 fully saturated rings. The van der Waals surface area contributed by atoms with Crippen molar-refractivity contribution in [3.63, 3.8) is 0 Å². The average molecular weight is 439 g/mol. The molecule has 0 unspecified atom stereocenters. The van der Waals surface area contributed by atoms with Gasteiger partial charge in [-0.25, -0.2) is 0 Å². The lowest BCUT2D eigenvalue weighted by molar-refractivity contribution is -0.119. The first-order valence-corrected chi connectivity index (χ1v) is 12.3. The minimum Gasteiger partial charge on any atom is -0.411 e. The van der Waals surface area contributed by atoms with Crippen LogP contribution >= 0.6 is 0 Å². The summed E-state index contributed by atoms with van der Waals surface area (Å²) in [5, 5.41) is 16.7. The molecule has 1 saturated heterocycles. The maximum atomic E-state index is 11.7. The lowest BCUT2D eigenvalue weighted by Crippen LogP contribution is -2.44. The van der Waals surface area contributed by atoms with Crippen LogP contribution in [0.5, 0.6) is 0 Å². The molecule has 4 rings (SSSR count). The van der Waals surface area contributed by atoms with Crippen LogP contribution in [0.1, 0.15) is 76.6 Å². The Bertz CT molecular complexity index is 948. The molecular formula is C26H38N4O2. The quantitative estimate of drug-likeness (QED) is 0.381. The number of likely N-dealkylation sites (tertiary alicyclic amines) is 1. The van der Waals surface area contributed by atoms with Gasteiger partial charge in [0.15, 0.2) is 0 Å². The van der Waals surface area contributed by atoms with Gasteiger partial charge in [0, 0.05) is 54.3 Å². The lowest BCUT2D eigenvalue weighted by Gasteiger charge is -2.42. The molecule has 2 aliphatic rings. The maximum absolute atomic E-state index is 11.7. The Kier molecular flexibility index (Phi) is 7.19. The highest BCUT2D eigenvalue weighted by molar-refractivity contribution is 6.01. The van der Waals surface area contributed by atoms with Gasteiger partial charge >= 0.3 is 0 Å². The van der Waals surface area contributed by atoms with Crippen molar-refractivity contribution in [2.24, 2.45) is 17.0 Å². The van der Waals surface area contributed by atoms with E-state index in [1.165, 1.54) is 31.9 Å². The maximum Gasteiger partial charge on any atom is 0.217 e. The van der Waals surface area contributed by atoms with E-state index >= 15 is 0 Å². The third-order valence-corrected chi connectivity index (χ3v) is 7.81. The second kappa shape index (κ2) is 10.1. The molecule has 1 aliphatic carbocycles. The summed E-state index contributed by atoms with van der Waals surface area (Å²) in [4.78, 5) is 14.4. The number of para-hydroxylation sites is 1. The predicted octanol–water partition coefficient (Wildman–Crippen LogP) is 4.94. The standard InChI is InChI=1S/C26H38N4O2/c1-18(2)20-8-10-21(11-9-20)29-14-12-22(13-15-29)30-25-7-5-4-6-23(25)24(16-28-32)26(30)17-27-19(3)31/h4-7,16,18,20-22,32H,8-15,17H2,1-3H3,(H,27,31)/b28-16+/t20-,21+. The van der Waals surface area contributed by atoms with Gasteiger partial charge in [-0.1, -0.05) is 37.2 Å². The molecule has 174 valence electrons. The number of nitrogens with one attached hydrogen (secondary N) is 1. The van der Waals surface area contributed by atoms with Gasteiger partial charge in [-0.05, 0) is 56.4 Å². The topological polar surface area (TPSA) is 69.9 Å². The number of carbonyl (C=O) groups is 1. The second-order valence-corrected chi connectivity index (χ2v) is 9.98. The van der Waals surface area contributed by atoms with Crippen molar-refractivity contribution in [1.82, 2.24) is 14.8 Å². The predicted molar refractivity (Wildman–Crippen MR) is 129 cm³/mol. The van der Waals surface area contributed by atoms with Crippen LogP contribution < -0.4 is 5.32 Å². The number of amides is 1. The first-order valence-electron chi connectivity index (χ1n) is 12.3. The molecule has 1 aliphatic heterocycles. The highest BCUT2D eigenvalue weighted by Gasteiger charge is 2.31. The van der Waals surface area contributed by atoms with Gasteiger partial charge in [-0.15, -0.1) is 0 Å². The number of oxime groups is 1. The van der Waals surface area contributed by atoms with Crippen molar-refractivity contribution in [2.45, 2.75) is 77.9 Å². The van der Waals surface area contributed by atoms with Crippen molar-refractivity contribution in [1.29, 1.82) is 0 Å². The monoisotopic (exact) mass is 438 g/mol. The highest BCUT2D eigenvalue weighted by Crippen LogP contribution is 2.37. The second-order valence-electron chi connectivity index (χ2n) is 9.98. The third-order valence-electron chi connectivity index (χ3n) is 7.81. The van der Waals surface area contributed by atoms with Crippen molar-refractivity contribution in [3.8, 4) is 0 Å². The summed E-state index contributed by atoms with van der Waals surface area (Å²) in [5.74, 6) is 1.65. The summed E-state index contributed by atoms with van der Waals surface area (Å²) >= 11 is 0. The van der Waals surface area contributed by atoms with Crippen molar-refractivity contribution in [2.75, 3.05) is 13.1 Å². The van der Waals surface area contributed by atoms with Crippen molar-refractivity contribution >= 4 is 23.0 Å². The largest absolute Gasteiger partial charge is 0.411 e. The van der Waals surface area contributed by atoms with Gasteiger partial charge in [0.25, 0.3) is 0 Å². The van der Waals surface area contributed by atoms with Gasteiger partial charge in [0.2, 0.25) is 5.91 Å². The van der Waals surface area contributed by atoms with Crippen LogP contribution in [0.15, 0.2) is 29.4 Å². The summed E-state index contributed by atoms with van der Waals surface area (Å²) in [6.07, 6.45) is 9.13. The smallest absolute Gasteiger partial charge is 0.217 e. The normalized spacial score (nSPS) is 23.4. The molecule has 0 bridgehead atoms. The Morgan fingerprint density at radius 2 is 1.81 bits per heavy atom. The molecule has 1 amide bonds. The van der Waals surface area contributed by atoms with Crippen LogP contribution in [0.4, 0.5) is 0 Å². The molecule has 6 nitrogen and oxygen atoms in total. The zero-order valence-electron chi connectivity index (χ0n) is 19.8. The summed E-state index contributed by atoms with van der Waals surface area (Å²) in [6.45, 7) is 8.96. The Morgan fingerprint density at radius 1 is 1.12 bits per heavy atom. The fourth-order valence-corrected chi connectivity index (χ4v) is 5.99. The Hall–Kier alpha value is -2.34. The van der Waals surface area contributed by atoms with Gasteiger partial charge in [-0.3, -0.25) is 4.79 Å². The number of rotatable bonds is 6.